The van der Waals surface area contributed by atoms with Crippen LogP contribution in [0.25, 0.3) is 0 Å². The summed E-state index contributed by atoms with van der Waals surface area (Å²) in [4.78, 5) is 26.3. The normalized spacial score (nSPS) is 10.3. The Morgan fingerprint density at radius 2 is 1.68 bits per heavy atom. The fourth-order valence-corrected chi connectivity index (χ4v) is 3.42. The largest absolute Gasteiger partial charge is 0.507 e. The van der Waals surface area contributed by atoms with E-state index in [1.165, 1.54) is 17.8 Å². The minimum absolute atomic E-state index is 0.0350. The highest BCUT2D eigenvalue weighted by atomic mass is 32.2. The van der Waals surface area contributed by atoms with Crippen molar-refractivity contribution in [3.05, 3.63) is 83.9 Å². The molecular weight excluding hydrogens is 374 g/mol. The molecule has 3 rings (SSSR count). The number of rotatable bonds is 6. The van der Waals surface area contributed by atoms with Crippen molar-refractivity contribution in [3.8, 4) is 5.75 Å². The zero-order valence-electron chi connectivity index (χ0n) is 15.2. The van der Waals surface area contributed by atoms with E-state index in [1.807, 2.05) is 48.5 Å². The number of phenolic OH excluding ortho intramolecular Hbond substituents is 1. The second-order valence-corrected chi connectivity index (χ2v) is 7.12. The summed E-state index contributed by atoms with van der Waals surface area (Å²) < 4.78 is 5.04. The molecule has 0 bridgehead atoms. The van der Waals surface area contributed by atoms with Crippen LogP contribution in [0.2, 0.25) is 0 Å². The zero-order valence-corrected chi connectivity index (χ0v) is 16.0. The number of esters is 1. The first-order chi connectivity index (χ1) is 13.5. The Hall–Kier alpha value is -3.25. The molecule has 0 aliphatic heterocycles. The number of amides is 1. The van der Waals surface area contributed by atoms with E-state index in [1.54, 1.807) is 25.1 Å². The van der Waals surface area contributed by atoms with Crippen LogP contribution in [0.4, 0.5) is 5.69 Å². The molecule has 0 saturated carbocycles. The number of nitrogens with one attached hydrogen (secondary N) is 1. The summed E-state index contributed by atoms with van der Waals surface area (Å²) >= 11 is 1.53. The molecule has 0 aliphatic rings. The molecule has 3 aromatic carbocycles. The Kier molecular flexibility index (Phi) is 6.34. The summed E-state index contributed by atoms with van der Waals surface area (Å²) in [5.74, 6) is -1.34. The van der Waals surface area contributed by atoms with E-state index in [-0.39, 0.29) is 11.3 Å². The van der Waals surface area contributed by atoms with E-state index in [9.17, 15) is 14.7 Å². The van der Waals surface area contributed by atoms with E-state index in [0.717, 1.165) is 9.79 Å². The van der Waals surface area contributed by atoms with Gasteiger partial charge in [-0.05, 0) is 42.8 Å². The van der Waals surface area contributed by atoms with E-state index in [2.05, 4.69) is 5.32 Å². The second-order valence-electron chi connectivity index (χ2n) is 6.01. The third kappa shape index (κ3) is 4.92. The first-order valence-corrected chi connectivity index (χ1v) is 9.44. The van der Waals surface area contributed by atoms with Crippen molar-refractivity contribution in [1.82, 2.24) is 0 Å². The van der Waals surface area contributed by atoms with Crippen molar-refractivity contribution in [2.45, 2.75) is 16.7 Å². The number of aromatic hydroxyl groups is 1. The third-order valence-corrected chi connectivity index (χ3v) is 5.01. The van der Waals surface area contributed by atoms with Gasteiger partial charge < -0.3 is 15.2 Å². The van der Waals surface area contributed by atoms with Gasteiger partial charge in [0.05, 0.1) is 5.69 Å². The van der Waals surface area contributed by atoms with Gasteiger partial charge in [0, 0.05) is 9.79 Å². The lowest BCUT2D eigenvalue weighted by molar-refractivity contribution is -0.119. The van der Waals surface area contributed by atoms with E-state index >= 15 is 0 Å². The van der Waals surface area contributed by atoms with E-state index in [0.29, 0.717) is 11.3 Å². The van der Waals surface area contributed by atoms with Crippen molar-refractivity contribution in [2.24, 2.45) is 0 Å². The fourth-order valence-electron chi connectivity index (χ4n) is 2.49. The molecule has 0 spiro atoms. The Morgan fingerprint density at radius 1 is 0.964 bits per heavy atom. The van der Waals surface area contributed by atoms with Gasteiger partial charge in [-0.1, -0.05) is 54.2 Å². The molecule has 0 atom stereocenters. The van der Waals surface area contributed by atoms with Gasteiger partial charge >= 0.3 is 5.97 Å². The van der Waals surface area contributed by atoms with Gasteiger partial charge in [-0.25, -0.2) is 4.79 Å². The van der Waals surface area contributed by atoms with Gasteiger partial charge in [-0.15, -0.1) is 0 Å². The molecule has 0 heterocycles. The highest BCUT2D eigenvalue weighted by Crippen LogP contribution is 2.33. The fraction of sp³-hybridized carbons (Fsp3) is 0.0909. The van der Waals surface area contributed by atoms with Gasteiger partial charge in [0.25, 0.3) is 5.91 Å². The molecule has 5 nitrogen and oxygen atoms in total. The molecule has 28 heavy (non-hydrogen) atoms. The van der Waals surface area contributed by atoms with Crippen molar-refractivity contribution in [1.29, 1.82) is 0 Å². The standard InChI is InChI=1S/C22H19NO4S/c1-15-8-7-11-17(21(15)25)22(26)27-14-20(24)23-18-12-5-6-13-19(18)28-16-9-3-2-4-10-16/h2-13,25H,14H2,1H3,(H,23,24). The van der Waals surface area contributed by atoms with Crippen molar-refractivity contribution in [2.75, 3.05) is 11.9 Å². The van der Waals surface area contributed by atoms with Gasteiger partial charge in [0.2, 0.25) is 0 Å². The van der Waals surface area contributed by atoms with Crippen LogP contribution in [0.15, 0.2) is 82.6 Å². The average Bonchev–Trinajstić information content (AvgIpc) is 2.70. The van der Waals surface area contributed by atoms with Crippen LogP contribution in [0.5, 0.6) is 5.75 Å². The van der Waals surface area contributed by atoms with Crippen LogP contribution >= 0.6 is 11.8 Å². The summed E-state index contributed by atoms with van der Waals surface area (Å²) in [6, 6.07) is 22.0. The van der Waals surface area contributed by atoms with Crippen molar-refractivity contribution in [3.63, 3.8) is 0 Å². The lowest BCUT2D eigenvalue weighted by atomic mass is 10.1. The SMILES string of the molecule is Cc1cccc(C(=O)OCC(=O)Nc2ccccc2Sc2ccccc2)c1O. The molecule has 0 fully saturated rings. The number of hydrogen-bond donors (Lipinski definition) is 2. The van der Waals surface area contributed by atoms with Crippen LogP contribution in [-0.2, 0) is 9.53 Å². The number of carbonyl (C=O) groups is 2. The molecule has 142 valence electrons. The molecule has 0 saturated heterocycles. The van der Waals surface area contributed by atoms with Crippen LogP contribution in [0, 0.1) is 6.92 Å². The number of ether oxygens (including phenoxy) is 1. The average molecular weight is 393 g/mol. The molecule has 0 aliphatic carbocycles. The van der Waals surface area contributed by atoms with Crippen molar-refractivity contribution < 1.29 is 19.4 Å². The van der Waals surface area contributed by atoms with Gasteiger partial charge in [-0.2, -0.15) is 0 Å². The zero-order chi connectivity index (χ0) is 19.9. The minimum atomic E-state index is -0.747. The monoisotopic (exact) mass is 393 g/mol. The Morgan fingerprint density at radius 3 is 2.46 bits per heavy atom. The number of carbonyl (C=O) groups excluding carboxylic acids is 2. The number of anilines is 1. The summed E-state index contributed by atoms with van der Waals surface area (Å²) in [5, 5.41) is 12.7. The van der Waals surface area contributed by atoms with Gasteiger partial charge in [0.15, 0.2) is 6.61 Å². The molecule has 0 aromatic heterocycles. The maximum absolute atomic E-state index is 12.2. The van der Waals surface area contributed by atoms with E-state index in [4.69, 9.17) is 4.74 Å². The molecule has 3 aromatic rings. The smallest absolute Gasteiger partial charge is 0.342 e. The summed E-state index contributed by atoms with van der Waals surface area (Å²) in [7, 11) is 0. The van der Waals surface area contributed by atoms with Crippen LogP contribution in [0.1, 0.15) is 15.9 Å². The maximum atomic E-state index is 12.2. The van der Waals surface area contributed by atoms with Crippen LogP contribution in [0.3, 0.4) is 0 Å². The first kappa shape index (κ1) is 19.5. The highest BCUT2D eigenvalue weighted by molar-refractivity contribution is 7.99. The van der Waals surface area contributed by atoms with Crippen LogP contribution < -0.4 is 5.32 Å². The summed E-state index contributed by atoms with van der Waals surface area (Å²) in [6.45, 7) is 1.23. The van der Waals surface area contributed by atoms with Crippen LogP contribution in [-0.4, -0.2) is 23.6 Å². The lowest BCUT2D eigenvalue weighted by Gasteiger charge is -2.11. The molecule has 2 N–H and O–H groups in total. The first-order valence-electron chi connectivity index (χ1n) is 8.62. The number of phenols is 1. The number of hydrogen-bond acceptors (Lipinski definition) is 5. The maximum Gasteiger partial charge on any atom is 0.342 e. The van der Waals surface area contributed by atoms with Gasteiger partial charge in [0.1, 0.15) is 11.3 Å². The molecule has 6 heteroatoms. The molecule has 0 unspecified atom stereocenters. The Labute approximate surface area is 167 Å². The van der Waals surface area contributed by atoms with E-state index < -0.39 is 18.5 Å². The minimum Gasteiger partial charge on any atom is -0.507 e. The second kappa shape index (κ2) is 9.10. The number of aryl methyl sites for hydroxylation is 1. The third-order valence-electron chi connectivity index (χ3n) is 3.92. The molecule has 1 amide bonds. The summed E-state index contributed by atoms with van der Waals surface area (Å²) in [5.41, 5.74) is 1.23. The number of para-hydroxylation sites is 2. The summed E-state index contributed by atoms with van der Waals surface area (Å²) in [6.07, 6.45) is 0. The Balaban J connectivity index is 1.62. The molecular formula is C22H19NO4S. The topological polar surface area (TPSA) is 75.6 Å². The predicted octanol–water partition coefficient (Wildman–Crippen LogP) is 4.65. The van der Waals surface area contributed by atoms with Crippen molar-refractivity contribution >= 4 is 29.3 Å². The number of benzene rings is 3. The Bertz CT molecular complexity index is 989. The highest BCUT2D eigenvalue weighted by Gasteiger charge is 2.16. The van der Waals surface area contributed by atoms with Gasteiger partial charge in [-0.3, -0.25) is 4.79 Å². The lowest BCUT2D eigenvalue weighted by Crippen LogP contribution is -2.21. The predicted molar refractivity (Wildman–Crippen MR) is 109 cm³/mol. The quantitative estimate of drug-likeness (QED) is 0.597. The molecule has 0 radical (unpaired) electrons.